The van der Waals surface area contributed by atoms with E-state index in [4.69, 9.17) is 14.2 Å². The number of benzene rings is 1. The molecule has 1 aromatic carbocycles. The summed E-state index contributed by atoms with van der Waals surface area (Å²) in [7, 11) is 0. The molecule has 1 aliphatic carbocycles. The van der Waals surface area contributed by atoms with Gasteiger partial charge in [-0.2, -0.15) is 5.26 Å². The average molecular weight is 607 g/mol. The number of fused-ring (bicyclic) bond motifs is 2. The Kier molecular flexibility index (Phi) is 8.14. The largest absolute Gasteiger partial charge is 0.474 e. The Balaban J connectivity index is 1.58. The third-order valence-electron chi connectivity index (χ3n) is 7.31. The molecular weight excluding hydrogens is 575 g/mol. The fourth-order valence-electron chi connectivity index (χ4n) is 5.35. The summed E-state index contributed by atoms with van der Waals surface area (Å²) in [5.41, 5.74) is -0.286. The van der Waals surface area contributed by atoms with Crippen molar-refractivity contribution in [2.24, 2.45) is 5.92 Å². The van der Waals surface area contributed by atoms with E-state index in [9.17, 15) is 24.8 Å². The quantitative estimate of drug-likeness (QED) is 0.309. The Morgan fingerprint density at radius 3 is 2.61 bits per heavy atom. The molecular formula is C30H31FN6O7. The van der Waals surface area contributed by atoms with Crippen LogP contribution in [0, 0.1) is 30.0 Å². The molecule has 1 saturated carbocycles. The molecule has 44 heavy (non-hydrogen) atoms. The summed E-state index contributed by atoms with van der Waals surface area (Å²) in [6.07, 6.45) is 1.23. The van der Waals surface area contributed by atoms with E-state index in [1.165, 1.54) is 24.5 Å². The Bertz CT molecular complexity index is 1700. The third kappa shape index (κ3) is 6.12. The zero-order valence-corrected chi connectivity index (χ0v) is 24.6. The van der Waals surface area contributed by atoms with E-state index < -0.39 is 35.8 Å². The van der Waals surface area contributed by atoms with Gasteiger partial charge in [-0.25, -0.2) is 28.7 Å². The minimum atomic E-state index is -1.21. The van der Waals surface area contributed by atoms with E-state index in [-0.39, 0.29) is 58.7 Å². The van der Waals surface area contributed by atoms with Crippen molar-refractivity contribution in [2.75, 3.05) is 28.7 Å². The topological polar surface area (TPSA) is 176 Å². The standard InChI is InChI=1S/C30H31FN6O7/c1-15-19(13-34-26-25(15)37(29(40)41)8-9-42-26)18-10-17-11-22(35-27(38)43-21-7-5-6-16(21)12-32)33-14-20(17)24(23(18)31)36-28(39)44-30(2,3)4/h10-11,13-14,16,21H,5-9H2,1-4H3,(H,36,39)(H,40,41)(H,33,35,38). The predicted molar refractivity (Wildman–Crippen MR) is 157 cm³/mol. The SMILES string of the molecule is Cc1c(-c2cc3cc(NC(=O)OC4CCCC4C#N)ncc3c(NC(=O)OC(C)(C)C)c2F)cnc2c1N(C(=O)O)CCO2. The van der Waals surface area contributed by atoms with Crippen molar-refractivity contribution in [3.8, 4) is 23.1 Å². The number of nitrogens with zero attached hydrogens (tertiary/aromatic N) is 4. The lowest BCUT2D eigenvalue weighted by molar-refractivity contribution is 0.0635. The van der Waals surface area contributed by atoms with Crippen LogP contribution in [-0.4, -0.2) is 58.2 Å². The lowest BCUT2D eigenvalue weighted by Gasteiger charge is -2.29. The van der Waals surface area contributed by atoms with Gasteiger partial charge in [0.2, 0.25) is 5.88 Å². The van der Waals surface area contributed by atoms with Crippen LogP contribution in [0.5, 0.6) is 5.88 Å². The molecule has 0 saturated heterocycles. The van der Waals surface area contributed by atoms with Crippen LogP contribution < -0.4 is 20.3 Å². The van der Waals surface area contributed by atoms with Crippen molar-refractivity contribution in [3.05, 3.63) is 35.9 Å². The number of amides is 3. The summed E-state index contributed by atoms with van der Waals surface area (Å²) >= 11 is 0. The highest BCUT2D eigenvalue weighted by molar-refractivity contribution is 6.04. The second-order valence-electron chi connectivity index (χ2n) is 11.5. The van der Waals surface area contributed by atoms with Gasteiger partial charge in [-0.15, -0.1) is 0 Å². The van der Waals surface area contributed by atoms with Crippen molar-refractivity contribution in [1.29, 1.82) is 5.26 Å². The molecule has 3 amide bonds. The highest BCUT2D eigenvalue weighted by atomic mass is 19.1. The first-order chi connectivity index (χ1) is 20.9. The van der Waals surface area contributed by atoms with E-state index >= 15 is 4.39 Å². The number of hydrogen-bond acceptors (Lipinski definition) is 9. The van der Waals surface area contributed by atoms with E-state index in [1.807, 2.05) is 0 Å². The Labute approximate surface area is 251 Å². The summed E-state index contributed by atoms with van der Waals surface area (Å²) in [6.45, 7) is 6.80. The number of hydrogen-bond donors (Lipinski definition) is 3. The summed E-state index contributed by atoms with van der Waals surface area (Å²) in [5, 5.41) is 24.7. The van der Waals surface area contributed by atoms with Gasteiger partial charge in [0, 0.05) is 28.9 Å². The van der Waals surface area contributed by atoms with Crippen molar-refractivity contribution in [2.45, 2.75) is 58.7 Å². The van der Waals surface area contributed by atoms with Crippen LogP contribution in [0.25, 0.3) is 21.9 Å². The van der Waals surface area contributed by atoms with Gasteiger partial charge >= 0.3 is 18.3 Å². The van der Waals surface area contributed by atoms with E-state index in [1.54, 1.807) is 27.7 Å². The first-order valence-corrected chi connectivity index (χ1v) is 14.0. The Morgan fingerprint density at radius 2 is 1.91 bits per heavy atom. The van der Waals surface area contributed by atoms with Crippen LogP contribution in [0.2, 0.25) is 0 Å². The molecule has 1 fully saturated rings. The number of halogens is 1. The lowest BCUT2D eigenvalue weighted by Crippen LogP contribution is -2.37. The van der Waals surface area contributed by atoms with Gasteiger partial charge in [0.05, 0.1) is 24.2 Å². The first kappa shape index (κ1) is 30.3. The van der Waals surface area contributed by atoms with Crippen molar-refractivity contribution in [3.63, 3.8) is 0 Å². The zero-order valence-electron chi connectivity index (χ0n) is 24.6. The van der Waals surface area contributed by atoms with Gasteiger partial charge in [0.25, 0.3) is 0 Å². The van der Waals surface area contributed by atoms with Crippen LogP contribution in [0.3, 0.4) is 0 Å². The van der Waals surface area contributed by atoms with Crippen LogP contribution in [0.1, 0.15) is 45.6 Å². The summed E-state index contributed by atoms with van der Waals surface area (Å²) < 4.78 is 32.7. The molecule has 2 aliphatic rings. The maximum absolute atomic E-state index is 16.4. The monoisotopic (exact) mass is 606 g/mol. The molecule has 2 unspecified atom stereocenters. The molecule has 14 heteroatoms. The van der Waals surface area contributed by atoms with Gasteiger partial charge in [0.15, 0.2) is 5.82 Å². The molecule has 5 rings (SSSR count). The number of nitrogens with one attached hydrogen (secondary N) is 2. The van der Waals surface area contributed by atoms with Crippen LogP contribution in [0.4, 0.5) is 36.0 Å². The maximum atomic E-state index is 16.4. The number of rotatable bonds is 4. The van der Waals surface area contributed by atoms with Crippen LogP contribution in [0.15, 0.2) is 24.5 Å². The number of anilines is 3. The van der Waals surface area contributed by atoms with Crippen molar-refractivity contribution < 1.29 is 38.1 Å². The maximum Gasteiger partial charge on any atom is 0.413 e. The number of ether oxygens (including phenoxy) is 3. The third-order valence-corrected chi connectivity index (χ3v) is 7.31. The van der Waals surface area contributed by atoms with Crippen molar-refractivity contribution in [1.82, 2.24) is 9.97 Å². The molecule has 0 spiro atoms. The molecule has 3 heterocycles. The average Bonchev–Trinajstić information content (AvgIpc) is 3.40. The minimum absolute atomic E-state index is 0.00480. The van der Waals surface area contributed by atoms with Gasteiger partial charge in [0.1, 0.15) is 29.8 Å². The summed E-state index contributed by atoms with van der Waals surface area (Å²) in [6, 6.07) is 5.11. The van der Waals surface area contributed by atoms with E-state index in [0.717, 1.165) is 11.3 Å². The second-order valence-corrected chi connectivity index (χ2v) is 11.5. The van der Waals surface area contributed by atoms with E-state index in [2.05, 4.69) is 26.7 Å². The number of nitriles is 1. The molecule has 13 nitrogen and oxygen atoms in total. The molecule has 3 N–H and O–H groups in total. The number of pyridine rings is 2. The van der Waals surface area contributed by atoms with E-state index in [0.29, 0.717) is 23.8 Å². The van der Waals surface area contributed by atoms with Crippen molar-refractivity contribution >= 4 is 46.2 Å². The Morgan fingerprint density at radius 1 is 1.14 bits per heavy atom. The normalized spacial score (nSPS) is 17.7. The lowest BCUT2D eigenvalue weighted by atomic mass is 9.96. The van der Waals surface area contributed by atoms with Gasteiger partial charge in [-0.1, -0.05) is 0 Å². The molecule has 230 valence electrons. The van der Waals surface area contributed by atoms with Gasteiger partial charge < -0.3 is 19.3 Å². The minimum Gasteiger partial charge on any atom is -0.474 e. The molecule has 2 atom stereocenters. The van der Waals surface area contributed by atoms with Gasteiger partial charge in [-0.3, -0.25) is 15.5 Å². The molecule has 1 aliphatic heterocycles. The zero-order chi connectivity index (χ0) is 31.8. The molecule has 0 bridgehead atoms. The number of carbonyl (C=O) groups is 3. The van der Waals surface area contributed by atoms with Crippen LogP contribution >= 0.6 is 0 Å². The Hall–Kier alpha value is -5.19. The molecule has 2 aromatic heterocycles. The molecule has 0 radical (unpaired) electrons. The van der Waals surface area contributed by atoms with Gasteiger partial charge in [-0.05, 0) is 70.0 Å². The van der Waals surface area contributed by atoms with Crippen LogP contribution in [-0.2, 0) is 9.47 Å². The predicted octanol–water partition coefficient (Wildman–Crippen LogP) is 6.21. The smallest absolute Gasteiger partial charge is 0.413 e. The number of carboxylic acid groups (broad SMARTS) is 1. The fourth-order valence-corrected chi connectivity index (χ4v) is 5.35. The number of carbonyl (C=O) groups excluding carboxylic acids is 2. The first-order valence-electron chi connectivity index (χ1n) is 14.0. The highest BCUT2D eigenvalue weighted by Crippen LogP contribution is 2.42. The summed E-state index contributed by atoms with van der Waals surface area (Å²) in [5.74, 6) is -1.03. The number of aromatic nitrogens is 2. The highest BCUT2D eigenvalue weighted by Gasteiger charge is 2.32. The summed E-state index contributed by atoms with van der Waals surface area (Å²) in [4.78, 5) is 46.9. The molecule has 3 aromatic rings. The fraction of sp³-hybridized carbons (Fsp3) is 0.400. The second kappa shape index (κ2) is 11.8.